The molecule has 2 saturated carbocycles. The van der Waals surface area contributed by atoms with Gasteiger partial charge in [0.15, 0.2) is 0 Å². The monoisotopic (exact) mass is 779 g/mol. The number of pyridine rings is 1. The van der Waals surface area contributed by atoms with Crippen LogP contribution in [0.3, 0.4) is 0 Å². The number of aromatic nitrogens is 1. The largest absolute Gasteiger partial charge is 0.480 e. The molecule has 3 aliphatic rings. The highest BCUT2D eigenvalue weighted by Crippen LogP contribution is 2.39. The molecular weight excluding hydrogens is 722 g/mol. The predicted octanol–water partition coefficient (Wildman–Crippen LogP) is 2.97. The molecule has 5 rings (SSSR count). The Labute approximate surface area is 328 Å². The van der Waals surface area contributed by atoms with E-state index in [1.807, 2.05) is 42.3 Å². The van der Waals surface area contributed by atoms with Crippen LogP contribution in [-0.4, -0.2) is 119 Å². The fourth-order valence-electron chi connectivity index (χ4n) is 8.00. The number of benzene rings is 1. The number of aliphatic hydroxyl groups excluding tert-OH is 1. The number of nitrogens with one attached hydrogen (secondary N) is 2. The standard InChI is InChI=1S/C41H57N5O10/c1-45-36(48)23-34(39(45)30-9-5-19-42-24-30)40(52)43-20-22-55-33-17-15-32(16-18-33)54-21-6-10-35(47)44-31-13-11-29(12-14-31)41(53)46(25-37(49)50)26-38(51)56-27-28-7-3-2-4-8-28/h2-5,7-9,19,24,29,31-34,36,39,48H,6,10-18,20-23,25-27H2,1H3,(H,43,52)(H,44,47)(H,49,50)/t29?,31?,32?,33?,34-,36?,39+/m0/s1. The third-order valence-electron chi connectivity index (χ3n) is 11.0. The van der Waals surface area contributed by atoms with Crippen LogP contribution in [0.4, 0.5) is 0 Å². The lowest BCUT2D eigenvalue weighted by Crippen LogP contribution is -2.45. The fraction of sp³-hybridized carbons (Fsp3) is 0.610. The predicted molar refractivity (Wildman–Crippen MR) is 203 cm³/mol. The highest BCUT2D eigenvalue weighted by atomic mass is 16.5. The number of rotatable bonds is 19. The van der Waals surface area contributed by atoms with Gasteiger partial charge in [-0.05, 0) is 82.0 Å². The van der Waals surface area contributed by atoms with Crippen LogP contribution in [-0.2, 0) is 44.8 Å². The Morgan fingerprint density at radius 3 is 2.25 bits per heavy atom. The first-order valence-electron chi connectivity index (χ1n) is 19.9. The summed E-state index contributed by atoms with van der Waals surface area (Å²) >= 11 is 0. The average Bonchev–Trinajstić information content (AvgIpc) is 3.51. The summed E-state index contributed by atoms with van der Waals surface area (Å²) in [5.74, 6) is -3.23. The Morgan fingerprint density at radius 1 is 0.893 bits per heavy atom. The molecule has 1 aromatic carbocycles. The molecule has 0 spiro atoms. The van der Waals surface area contributed by atoms with Gasteiger partial charge in [-0.25, -0.2) is 0 Å². The first kappa shape index (κ1) is 42.7. The van der Waals surface area contributed by atoms with Crippen LogP contribution in [0.1, 0.15) is 87.8 Å². The lowest BCUT2D eigenvalue weighted by molar-refractivity contribution is -0.155. The molecule has 306 valence electrons. The maximum Gasteiger partial charge on any atom is 0.325 e. The molecule has 56 heavy (non-hydrogen) atoms. The van der Waals surface area contributed by atoms with Gasteiger partial charge in [0.25, 0.3) is 0 Å². The van der Waals surface area contributed by atoms with E-state index >= 15 is 0 Å². The number of carboxylic acids is 1. The molecule has 2 heterocycles. The van der Waals surface area contributed by atoms with Crippen molar-refractivity contribution in [2.24, 2.45) is 11.8 Å². The lowest BCUT2D eigenvalue weighted by Gasteiger charge is -2.31. The second-order valence-electron chi connectivity index (χ2n) is 15.1. The van der Waals surface area contributed by atoms with Gasteiger partial charge < -0.3 is 40.0 Å². The van der Waals surface area contributed by atoms with Crippen molar-refractivity contribution < 1.29 is 48.4 Å². The molecule has 15 nitrogen and oxygen atoms in total. The van der Waals surface area contributed by atoms with Crippen molar-refractivity contribution in [3.05, 3.63) is 66.0 Å². The molecule has 15 heteroatoms. The molecule has 0 bridgehead atoms. The fourth-order valence-corrected chi connectivity index (χ4v) is 8.00. The van der Waals surface area contributed by atoms with Crippen LogP contribution in [0.2, 0.25) is 0 Å². The van der Waals surface area contributed by atoms with Crippen molar-refractivity contribution in [3.63, 3.8) is 0 Å². The lowest BCUT2D eigenvalue weighted by atomic mass is 9.85. The van der Waals surface area contributed by atoms with E-state index in [9.17, 15) is 34.2 Å². The van der Waals surface area contributed by atoms with Gasteiger partial charge in [-0.1, -0.05) is 36.4 Å². The Kier molecular flexibility index (Phi) is 16.6. The first-order valence-corrected chi connectivity index (χ1v) is 19.9. The molecular formula is C41H57N5O10. The van der Waals surface area contributed by atoms with Crippen LogP contribution in [0.15, 0.2) is 54.9 Å². The van der Waals surface area contributed by atoms with Crippen molar-refractivity contribution in [2.45, 2.75) is 108 Å². The Balaban J connectivity index is 0.898. The third-order valence-corrected chi connectivity index (χ3v) is 11.0. The van der Waals surface area contributed by atoms with E-state index in [1.54, 1.807) is 24.5 Å². The van der Waals surface area contributed by atoms with Crippen molar-refractivity contribution in [2.75, 3.05) is 39.9 Å². The third kappa shape index (κ3) is 13.1. The van der Waals surface area contributed by atoms with Crippen LogP contribution in [0.5, 0.6) is 0 Å². The van der Waals surface area contributed by atoms with Crippen LogP contribution < -0.4 is 10.6 Å². The number of hydrogen-bond acceptors (Lipinski definition) is 11. The number of hydrogen-bond donors (Lipinski definition) is 4. The average molecular weight is 780 g/mol. The zero-order valence-corrected chi connectivity index (χ0v) is 32.3. The summed E-state index contributed by atoms with van der Waals surface area (Å²) in [7, 11) is 1.82. The summed E-state index contributed by atoms with van der Waals surface area (Å²) < 4.78 is 17.4. The number of amides is 3. The molecule has 2 aromatic rings. The molecule has 0 radical (unpaired) electrons. The van der Waals surface area contributed by atoms with Gasteiger partial charge in [0.1, 0.15) is 25.9 Å². The summed E-state index contributed by atoms with van der Waals surface area (Å²) in [6.45, 7) is 0.299. The number of likely N-dealkylation sites (tertiary alicyclic amines) is 1. The van der Waals surface area contributed by atoms with Gasteiger partial charge >= 0.3 is 11.9 Å². The molecule has 1 aromatic heterocycles. The molecule has 3 fully saturated rings. The Hall–Kier alpha value is -4.44. The van der Waals surface area contributed by atoms with Gasteiger partial charge in [0.2, 0.25) is 17.7 Å². The van der Waals surface area contributed by atoms with Crippen molar-refractivity contribution in [1.82, 2.24) is 25.4 Å². The second-order valence-corrected chi connectivity index (χ2v) is 15.1. The van der Waals surface area contributed by atoms with E-state index in [0.717, 1.165) is 41.7 Å². The number of nitrogens with zero attached hydrogens (tertiary/aromatic N) is 3. The van der Waals surface area contributed by atoms with E-state index in [4.69, 9.17) is 14.2 Å². The van der Waals surface area contributed by atoms with E-state index in [1.165, 1.54) is 0 Å². The van der Waals surface area contributed by atoms with Crippen LogP contribution in [0.25, 0.3) is 0 Å². The topological polar surface area (TPSA) is 197 Å². The number of esters is 1. The van der Waals surface area contributed by atoms with Crippen molar-refractivity contribution in [3.8, 4) is 0 Å². The summed E-state index contributed by atoms with van der Waals surface area (Å²) in [6.07, 6.45) is 9.84. The maximum atomic E-state index is 13.2. The number of aliphatic carboxylic acids is 1. The summed E-state index contributed by atoms with van der Waals surface area (Å²) in [6, 6.07) is 12.5. The smallest absolute Gasteiger partial charge is 0.325 e. The highest BCUT2D eigenvalue weighted by Gasteiger charge is 2.43. The van der Waals surface area contributed by atoms with Gasteiger partial charge in [-0.3, -0.25) is 33.9 Å². The minimum absolute atomic E-state index is 0.0375. The molecule has 1 aliphatic heterocycles. The minimum atomic E-state index is -1.21. The summed E-state index contributed by atoms with van der Waals surface area (Å²) in [5, 5.41) is 25.8. The number of carbonyl (C=O) groups excluding carboxylic acids is 4. The van der Waals surface area contributed by atoms with E-state index in [2.05, 4.69) is 15.6 Å². The van der Waals surface area contributed by atoms with Crippen LogP contribution in [0, 0.1) is 11.8 Å². The summed E-state index contributed by atoms with van der Waals surface area (Å²) in [4.78, 5) is 69.8. The van der Waals surface area contributed by atoms with Crippen LogP contribution >= 0.6 is 0 Å². The van der Waals surface area contributed by atoms with Gasteiger partial charge in [0.05, 0.1) is 30.8 Å². The van der Waals surface area contributed by atoms with Gasteiger partial charge in [-0.15, -0.1) is 0 Å². The number of ether oxygens (including phenoxy) is 3. The van der Waals surface area contributed by atoms with E-state index < -0.39 is 37.2 Å². The molecule has 1 unspecified atom stereocenters. The van der Waals surface area contributed by atoms with E-state index in [0.29, 0.717) is 64.7 Å². The zero-order valence-electron chi connectivity index (χ0n) is 32.3. The van der Waals surface area contributed by atoms with Gasteiger partial charge in [-0.2, -0.15) is 0 Å². The highest BCUT2D eigenvalue weighted by molar-refractivity contribution is 5.87. The Bertz CT molecular complexity index is 1570. The normalized spacial score (nSPS) is 25.2. The first-order chi connectivity index (χ1) is 27.1. The zero-order chi connectivity index (χ0) is 39.9. The Morgan fingerprint density at radius 2 is 1.59 bits per heavy atom. The number of carbonyl (C=O) groups is 5. The molecule has 3 amide bonds. The quantitative estimate of drug-likeness (QED) is 0.120. The summed E-state index contributed by atoms with van der Waals surface area (Å²) in [5.41, 5.74) is 1.69. The maximum absolute atomic E-state index is 13.2. The van der Waals surface area contributed by atoms with Crippen molar-refractivity contribution in [1.29, 1.82) is 0 Å². The SMILES string of the molecule is CN1C(O)C[C@H](C(=O)NCCOC2CCC(OCCCC(=O)NC3CCC(C(=O)N(CC(=O)O)CC(=O)OCc4ccccc4)CC3)CC2)[C@H]1c1cccnc1. The minimum Gasteiger partial charge on any atom is -0.480 e. The number of carboxylic acid groups (broad SMARTS) is 1. The molecule has 3 atom stereocenters. The molecule has 2 aliphatic carbocycles. The molecule has 1 saturated heterocycles. The van der Waals surface area contributed by atoms with Gasteiger partial charge in [0, 0.05) is 50.3 Å². The van der Waals surface area contributed by atoms with Crippen molar-refractivity contribution >= 4 is 29.7 Å². The second kappa shape index (κ2) is 21.8. The number of aliphatic hydroxyl groups is 1. The van der Waals surface area contributed by atoms with E-state index in [-0.39, 0.29) is 54.5 Å². The molecule has 4 N–H and O–H groups in total.